The van der Waals surface area contributed by atoms with Gasteiger partial charge in [-0.2, -0.15) is 0 Å². The second-order valence-electron chi connectivity index (χ2n) is 7.06. The van der Waals surface area contributed by atoms with Crippen LogP contribution in [0.1, 0.15) is 46.9 Å². The van der Waals surface area contributed by atoms with Crippen molar-refractivity contribution in [1.29, 1.82) is 0 Å². The van der Waals surface area contributed by atoms with Gasteiger partial charge in [0, 0.05) is 18.5 Å². The lowest BCUT2D eigenvalue weighted by Crippen LogP contribution is -2.41. The summed E-state index contributed by atoms with van der Waals surface area (Å²) in [7, 11) is -1.95. The van der Waals surface area contributed by atoms with Crippen LogP contribution in [0, 0.1) is 0 Å². The number of Topliss-reactive ketones (excluding diaryl/α,β-unsaturated/α-hetero) is 1. The van der Waals surface area contributed by atoms with E-state index in [0.29, 0.717) is 30.5 Å². The van der Waals surface area contributed by atoms with Crippen LogP contribution in [0.3, 0.4) is 0 Å². The summed E-state index contributed by atoms with van der Waals surface area (Å²) < 4.78 is 5.45. The largest absolute Gasteiger partial charge is 0.516 e. The van der Waals surface area contributed by atoms with Crippen LogP contribution in [0.4, 0.5) is 0 Å². The fourth-order valence-electron chi connectivity index (χ4n) is 2.85. The molecule has 1 aromatic carbocycles. The molecule has 1 aromatic rings. The molecule has 0 radical (unpaired) electrons. The summed E-state index contributed by atoms with van der Waals surface area (Å²) in [4.78, 5) is 38.4. The van der Waals surface area contributed by atoms with Gasteiger partial charge in [0.15, 0.2) is 5.78 Å². The Morgan fingerprint density at radius 3 is 2.21 bits per heavy atom. The van der Waals surface area contributed by atoms with Crippen molar-refractivity contribution in [2.75, 3.05) is 6.54 Å². The summed E-state index contributed by atoms with van der Waals surface area (Å²) in [6.45, 7) is 8.39. The Hall–Kier alpha value is -1.95. The second kappa shape index (κ2) is 7.30. The third-order valence-corrected chi connectivity index (χ3v) is 4.78. The van der Waals surface area contributed by atoms with Crippen LogP contribution >= 0.6 is 0 Å². The Kier molecular flexibility index (Phi) is 5.59. The molecule has 6 heteroatoms. The molecule has 0 spiro atoms. The highest BCUT2D eigenvalue weighted by molar-refractivity contribution is 6.71. The number of rotatable bonds is 6. The van der Waals surface area contributed by atoms with Crippen LogP contribution in [-0.2, 0) is 9.22 Å². The standard InChI is InChI=1S/C18H25NO4Si/c1-5-15(19-12-6-7-16(19)20)17(21)13-8-10-14(11-9-13)18(22)23-24(2,3)4/h8-11,15H,5-7,12H2,1-4H3. The summed E-state index contributed by atoms with van der Waals surface area (Å²) in [5.74, 6) is -0.377. The Labute approximate surface area is 144 Å². The Morgan fingerprint density at radius 2 is 1.75 bits per heavy atom. The van der Waals surface area contributed by atoms with Crippen LogP contribution < -0.4 is 0 Å². The van der Waals surface area contributed by atoms with Crippen LogP contribution in [0.2, 0.25) is 19.6 Å². The van der Waals surface area contributed by atoms with Crippen molar-refractivity contribution >= 4 is 26.0 Å². The van der Waals surface area contributed by atoms with Gasteiger partial charge in [0.1, 0.15) is 0 Å². The molecule has 1 aliphatic heterocycles. The zero-order valence-electron chi connectivity index (χ0n) is 14.8. The van der Waals surface area contributed by atoms with Crippen molar-refractivity contribution in [3.05, 3.63) is 35.4 Å². The maximum Gasteiger partial charge on any atom is 0.324 e. The molecule has 0 N–H and O–H groups in total. The number of ketones is 1. The maximum atomic E-state index is 12.7. The van der Waals surface area contributed by atoms with E-state index in [-0.39, 0.29) is 17.7 Å². The van der Waals surface area contributed by atoms with Crippen LogP contribution in [0.5, 0.6) is 0 Å². The van der Waals surface area contributed by atoms with E-state index in [9.17, 15) is 14.4 Å². The molecule has 1 fully saturated rings. The fourth-order valence-corrected chi connectivity index (χ4v) is 3.52. The van der Waals surface area contributed by atoms with Gasteiger partial charge in [0.25, 0.3) is 0 Å². The Bertz CT molecular complexity index is 633. The van der Waals surface area contributed by atoms with E-state index >= 15 is 0 Å². The lowest BCUT2D eigenvalue weighted by molar-refractivity contribution is -0.129. The number of carbonyl (C=O) groups is 3. The van der Waals surface area contributed by atoms with Crippen molar-refractivity contribution in [2.45, 2.75) is 51.9 Å². The normalized spacial score (nSPS) is 16.2. The summed E-state index contributed by atoms with van der Waals surface area (Å²) >= 11 is 0. The fraction of sp³-hybridized carbons (Fsp3) is 0.500. The van der Waals surface area contributed by atoms with Crippen molar-refractivity contribution in [1.82, 2.24) is 4.90 Å². The molecule has 130 valence electrons. The molecule has 0 aliphatic carbocycles. The molecular weight excluding hydrogens is 322 g/mol. The van der Waals surface area contributed by atoms with Crippen molar-refractivity contribution in [3.63, 3.8) is 0 Å². The lowest BCUT2D eigenvalue weighted by atomic mass is 10.00. The van der Waals surface area contributed by atoms with E-state index in [0.717, 1.165) is 6.42 Å². The predicted molar refractivity (Wildman–Crippen MR) is 94.6 cm³/mol. The number of benzene rings is 1. The van der Waals surface area contributed by atoms with Gasteiger partial charge in [-0.1, -0.05) is 19.1 Å². The van der Waals surface area contributed by atoms with Crippen molar-refractivity contribution in [3.8, 4) is 0 Å². The number of amides is 1. The first-order valence-corrected chi connectivity index (χ1v) is 11.8. The van der Waals surface area contributed by atoms with Gasteiger partial charge in [0.2, 0.25) is 14.2 Å². The minimum absolute atomic E-state index is 0.0468. The molecule has 0 aromatic heterocycles. The molecule has 1 atom stereocenters. The number of hydrogen-bond donors (Lipinski definition) is 0. The molecule has 2 rings (SSSR count). The predicted octanol–water partition coefficient (Wildman–Crippen LogP) is 3.26. The van der Waals surface area contributed by atoms with Gasteiger partial charge < -0.3 is 9.33 Å². The number of likely N-dealkylation sites (tertiary alicyclic amines) is 1. The van der Waals surface area contributed by atoms with E-state index < -0.39 is 14.4 Å². The Morgan fingerprint density at radius 1 is 1.17 bits per heavy atom. The highest BCUT2D eigenvalue weighted by atomic mass is 28.4. The summed E-state index contributed by atoms with van der Waals surface area (Å²) in [6, 6.07) is 6.11. The molecule has 1 aliphatic rings. The second-order valence-corrected chi connectivity index (χ2v) is 11.5. The summed E-state index contributed by atoms with van der Waals surface area (Å²) in [5.41, 5.74) is 0.963. The molecule has 0 saturated carbocycles. The Balaban J connectivity index is 2.13. The molecule has 5 nitrogen and oxygen atoms in total. The third kappa shape index (κ3) is 4.32. The molecule has 0 bridgehead atoms. The molecule has 24 heavy (non-hydrogen) atoms. The minimum atomic E-state index is -1.95. The van der Waals surface area contributed by atoms with Gasteiger partial charge in [-0.3, -0.25) is 9.59 Å². The summed E-state index contributed by atoms with van der Waals surface area (Å²) in [5, 5.41) is 0. The monoisotopic (exact) mass is 347 g/mol. The third-order valence-electron chi connectivity index (χ3n) is 3.98. The zero-order valence-corrected chi connectivity index (χ0v) is 15.8. The van der Waals surface area contributed by atoms with Gasteiger partial charge in [-0.25, -0.2) is 4.79 Å². The van der Waals surface area contributed by atoms with E-state index in [4.69, 9.17) is 4.43 Å². The molecule has 1 unspecified atom stereocenters. The molecule has 1 saturated heterocycles. The first kappa shape index (κ1) is 18.4. The minimum Gasteiger partial charge on any atom is -0.516 e. The highest BCUT2D eigenvalue weighted by Crippen LogP contribution is 2.20. The first-order valence-electron chi connectivity index (χ1n) is 8.40. The zero-order chi connectivity index (χ0) is 17.9. The highest BCUT2D eigenvalue weighted by Gasteiger charge is 2.32. The van der Waals surface area contributed by atoms with Crippen LogP contribution in [0.15, 0.2) is 24.3 Å². The van der Waals surface area contributed by atoms with Crippen molar-refractivity contribution in [2.24, 2.45) is 0 Å². The smallest absolute Gasteiger partial charge is 0.324 e. The SMILES string of the molecule is CCC(C(=O)c1ccc(C(=O)O[Si](C)(C)C)cc1)N1CCCC1=O. The van der Waals surface area contributed by atoms with Crippen molar-refractivity contribution < 1.29 is 18.8 Å². The number of nitrogens with zero attached hydrogens (tertiary/aromatic N) is 1. The quantitative estimate of drug-likeness (QED) is 0.585. The molecule has 1 heterocycles. The number of carbonyl (C=O) groups excluding carboxylic acids is 3. The topological polar surface area (TPSA) is 63.7 Å². The van der Waals surface area contributed by atoms with E-state index in [1.54, 1.807) is 29.2 Å². The van der Waals surface area contributed by atoms with E-state index in [1.807, 2.05) is 26.6 Å². The molecular formula is C18H25NO4Si. The van der Waals surface area contributed by atoms with Gasteiger partial charge >= 0.3 is 5.97 Å². The first-order chi connectivity index (χ1) is 11.2. The van der Waals surface area contributed by atoms with Gasteiger partial charge in [0.05, 0.1) is 11.6 Å². The van der Waals surface area contributed by atoms with Gasteiger partial charge in [-0.15, -0.1) is 0 Å². The number of hydrogen-bond acceptors (Lipinski definition) is 4. The molecule has 1 amide bonds. The average molecular weight is 347 g/mol. The lowest BCUT2D eigenvalue weighted by Gasteiger charge is -2.25. The maximum absolute atomic E-state index is 12.7. The van der Waals surface area contributed by atoms with Gasteiger partial charge in [-0.05, 0) is 44.6 Å². The van der Waals surface area contributed by atoms with Crippen LogP contribution in [-0.4, -0.2) is 43.5 Å². The average Bonchev–Trinajstić information content (AvgIpc) is 2.92. The summed E-state index contributed by atoms with van der Waals surface area (Å²) in [6.07, 6.45) is 1.92. The van der Waals surface area contributed by atoms with E-state index in [2.05, 4.69) is 0 Å². The van der Waals surface area contributed by atoms with Crippen LogP contribution in [0.25, 0.3) is 0 Å². The van der Waals surface area contributed by atoms with E-state index in [1.165, 1.54) is 0 Å².